The summed E-state index contributed by atoms with van der Waals surface area (Å²) in [5.41, 5.74) is 1.10. The molecule has 0 radical (unpaired) electrons. The zero-order valence-electron chi connectivity index (χ0n) is 11.3. The molecule has 0 fully saturated rings. The highest BCUT2D eigenvalue weighted by molar-refractivity contribution is 9.10. The largest absolute Gasteiger partial charge is 0.455 e. The monoisotopic (exact) mass is 336 g/mol. The van der Waals surface area contributed by atoms with Crippen LogP contribution in [0.3, 0.4) is 0 Å². The van der Waals surface area contributed by atoms with E-state index in [1.165, 1.54) is 0 Å². The number of rotatable bonds is 7. The van der Waals surface area contributed by atoms with E-state index in [1.807, 2.05) is 30.3 Å². The van der Waals surface area contributed by atoms with E-state index in [-0.39, 0.29) is 0 Å². The summed E-state index contributed by atoms with van der Waals surface area (Å²) in [6, 6.07) is 9.84. The molecule has 1 aromatic carbocycles. The predicted molar refractivity (Wildman–Crippen MR) is 82.0 cm³/mol. The van der Waals surface area contributed by atoms with Gasteiger partial charge in [-0.1, -0.05) is 18.2 Å². The van der Waals surface area contributed by atoms with Crippen LogP contribution < -0.4 is 10.1 Å². The second-order valence-electron chi connectivity index (χ2n) is 4.22. The molecule has 0 aliphatic rings. The molecule has 0 bridgehead atoms. The number of methoxy groups -OCH3 is 1. The molecule has 106 valence electrons. The van der Waals surface area contributed by atoms with E-state index < -0.39 is 0 Å². The van der Waals surface area contributed by atoms with Gasteiger partial charge >= 0.3 is 0 Å². The minimum absolute atomic E-state index is 0.693. The first-order valence-electron chi connectivity index (χ1n) is 6.35. The molecular formula is C15H17BrN2O2. The lowest BCUT2D eigenvalue weighted by molar-refractivity contribution is 0.199. The summed E-state index contributed by atoms with van der Waals surface area (Å²) in [6.45, 7) is 2.24. The summed E-state index contributed by atoms with van der Waals surface area (Å²) in [6.07, 6.45) is 3.42. The molecule has 4 nitrogen and oxygen atoms in total. The van der Waals surface area contributed by atoms with E-state index in [0.29, 0.717) is 12.4 Å². The molecule has 5 heteroatoms. The molecule has 2 rings (SSSR count). The summed E-state index contributed by atoms with van der Waals surface area (Å²) in [5.74, 6) is 1.54. The van der Waals surface area contributed by atoms with Gasteiger partial charge in [-0.05, 0) is 28.1 Å². The fourth-order valence-corrected chi connectivity index (χ4v) is 2.07. The number of hydrogen-bond donors (Lipinski definition) is 1. The van der Waals surface area contributed by atoms with Gasteiger partial charge in [0.1, 0.15) is 11.5 Å². The van der Waals surface area contributed by atoms with Crippen LogP contribution in [0.25, 0.3) is 0 Å². The van der Waals surface area contributed by atoms with Crippen molar-refractivity contribution in [3.05, 3.63) is 52.8 Å². The molecule has 0 saturated heterocycles. The minimum Gasteiger partial charge on any atom is -0.455 e. The topological polar surface area (TPSA) is 43.4 Å². The van der Waals surface area contributed by atoms with E-state index in [4.69, 9.17) is 9.47 Å². The van der Waals surface area contributed by atoms with E-state index in [1.54, 1.807) is 19.5 Å². The third kappa shape index (κ3) is 4.59. The van der Waals surface area contributed by atoms with Crippen molar-refractivity contribution in [3.8, 4) is 11.5 Å². The van der Waals surface area contributed by atoms with Crippen LogP contribution >= 0.6 is 15.9 Å². The zero-order valence-corrected chi connectivity index (χ0v) is 12.9. The molecule has 2 aromatic rings. The molecule has 0 aliphatic carbocycles. The van der Waals surface area contributed by atoms with Gasteiger partial charge in [0.2, 0.25) is 0 Å². The lowest BCUT2D eigenvalue weighted by atomic mass is 10.2. The Kier molecular flexibility index (Phi) is 5.98. The molecule has 1 N–H and O–H groups in total. The average molecular weight is 337 g/mol. The van der Waals surface area contributed by atoms with Crippen molar-refractivity contribution in [3.63, 3.8) is 0 Å². The van der Waals surface area contributed by atoms with Crippen molar-refractivity contribution in [2.45, 2.75) is 6.54 Å². The molecule has 0 aliphatic heterocycles. The minimum atomic E-state index is 0.693. The van der Waals surface area contributed by atoms with Crippen LogP contribution in [0.2, 0.25) is 0 Å². The Morgan fingerprint density at radius 2 is 2.10 bits per heavy atom. The predicted octanol–water partition coefficient (Wildman–Crippen LogP) is 3.37. The Labute approximate surface area is 127 Å². The van der Waals surface area contributed by atoms with E-state index in [9.17, 15) is 0 Å². The number of nitrogens with one attached hydrogen (secondary N) is 1. The number of para-hydroxylation sites is 1. The van der Waals surface area contributed by atoms with Gasteiger partial charge in [0.05, 0.1) is 12.8 Å². The molecule has 20 heavy (non-hydrogen) atoms. The van der Waals surface area contributed by atoms with Crippen LogP contribution in [0, 0.1) is 0 Å². The first-order valence-corrected chi connectivity index (χ1v) is 7.15. The smallest absolute Gasteiger partial charge is 0.146 e. The first kappa shape index (κ1) is 15.0. The van der Waals surface area contributed by atoms with Gasteiger partial charge in [-0.2, -0.15) is 0 Å². The van der Waals surface area contributed by atoms with Gasteiger partial charge in [-0.25, -0.2) is 0 Å². The SMILES string of the molecule is COCCNCc1ccccc1Oc1cncc(Br)c1. The fraction of sp³-hybridized carbons (Fsp3) is 0.267. The standard InChI is InChI=1S/C15H17BrN2O2/c1-19-7-6-17-9-12-4-2-3-5-15(12)20-14-8-13(16)10-18-11-14/h2-5,8,10-11,17H,6-7,9H2,1H3. The molecule has 0 amide bonds. The van der Waals surface area contributed by atoms with E-state index in [2.05, 4.69) is 26.2 Å². The van der Waals surface area contributed by atoms with Crippen LogP contribution in [0.15, 0.2) is 47.2 Å². The maximum absolute atomic E-state index is 5.88. The Bertz CT molecular complexity index is 549. The molecular weight excluding hydrogens is 320 g/mol. The van der Waals surface area contributed by atoms with Crippen molar-refractivity contribution in [1.82, 2.24) is 10.3 Å². The van der Waals surface area contributed by atoms with Crippen molar-refractivity contribution < 1.29 is 9.47 Å². The molecule has 0 atom stereocenters. The number of benzene rings is 1. The maximum Gasteiger partial charge on any atom is 0.146 e. The summed E-state index contributed by atoms with van der Waals surface area (Å²) in [7, 11) is 1.69. The van der Waals surface area contributed by atoms with Crippen molar-refractivity contribution >= 4 is 15.9 Å². The lowest BCUT2D eigenvalue weighted by Gasteiger charge is -2.11. The van der Waals surface area contributed by atoms with Crippen molar-refractivity contribution in [1.29, 1.82) is 0 Å². The first-order chi connectivity index (χ1) is 9.79. The Hall–Kier alpha value is -1.43. The van der Waals surface area contributed by atoms with Crippen molar-refractivity contribution in [2.75, 3.05) is 20.3 Å². The molecule has 0 saturated carbocycles. The Morgan fingerprint density at radius 3 is 2.90 bits per heavy atom. The van der Waals surface area contributed by atoms with Crippen LogP contribution in [0.1, 0.15) is 5.56 Å². The number of aromatic nitrogens is 1. The van der Waals surface area contributed by atoms with Gasteiger partial charge in [0.25, 0.3) is 0 Å². The van der Waals surface area contributed by atoms with Gasteiger partial charge < -0.3 is 14.8 Å². The van der Waals surface area contributed by atoms with Gasteiger partial charge in [-0.3, -0.25) is 4.98 Å². The van der Waals surface area contributed by atoms with Crippen LogP contribution in [0.4, 0.5) is 0 Å². The molecule has 1 aromatic heterocycles. The van der Waals surface area contributed by atoms with Crippen molar-refractivity contribution in [2.24, 2.45) is 0 Å². The number of pyridine rings is 1. The normalized spacial score (nSPS) is 10.5. The quantitative estimate of drug-likeness (QED) is 0.787. The highest BCUT2D eigenvalue weighted by Gasteiger charge is 2.04. The number of hydrogen-bond acceptors (Lipinski definition) is 4. The van der Waals surface area contributed by atoms with E-state index >= 15 is 0 Å². The highest BCUT2D eigenvalue weighted by atomic mass is 79.9. The van der Waals surface area contributed by atoms with Crippen LogP contribution in [-0.2, 0) is 11.3 Å². The van der Waals surface area contributed by atoms with Crippen LogP contribution in [0.5, 0.6) is 11.5 Å². The summed E-state index contributed by atoms with van der Waals surface area (Å²) in [5, 5.41) is 3.31. The zero-order chi connectivity index (χ0) is 14.2. The average Bonchev–Trinajstić information content (AvgIpc) is 2.45. The lowest BCUT2D eigenvalue weighted by Crippen LogP contribution is -2.18. The maximum atomic E-state index is 5.88. The van der Waals surface area contributed by atoms with E-state index in [0.717, 1.165) is 28.9 Å². The summed E-state index contributed by atoms with van der Waals surface area (Å²) >= 11 is 3.38. The highest BCUT2D eigenvalue weighted by Crippen LogP contribution is 2.26. The Morgan fingerprint density at radius 1 is 1.25 bits per heavy atom. The summed E-state index contributed by atoms with van der Waals surface area (Å²) < 4.78 is 11.8. The second kappa shape index (κ2) is 7.99. The number of halogens is 1. The molecule has 1 heterocycles. The van der Waals surface area contributed by atoms with Gasteiger partial charge in [0.15, 0.2) is 0 Å². The number of ether oxygens (including phenoxy) is 2. The summed E-state index contributed by atoms with van der Waals surface area (Å²) in [4.78, 5) is 4.09. The Balaban J connectivity index is 2.03. The molecule has 0 unspecified atom stereocenters. The second-order valence-corrected chi connectivity index (χ2v) is 5.13. The fourth-order valence-electron chi connectivity index (χ4n) is 1.72. The van der Waals surface area contributed by atoms with Crippen LogP contribution in [-0.4, -0.2) is 25.2 Å². The van der Waals surface area contributed by atoms with Gasteiger partial charge in [0, 0.05) is 36.4 Å². The molecule has 0 spiro atoms. The third-order valence-corrected chi connectivity index (χ3v) is 3.11. The third-order valence-electron chi connectivity index (χ3n) is 2.68. The van der Waals surface area contributed by atoms with Gasteiger partial charge in [-0.15, -0.1) is 0 Å². The number of nitrogens with zero attached hydrogens (tertiary/aromatic N) is 1.